The zero-order chi connectivity index (χ0) is 22.3. The molecular formula is C23H24N6O3. The van der Waals surface area contributed by atoms with E-state index in [9.17, 15) is 5.11 Å². The van der Waals surface area contributed by atoms with Crippen molar-refractivity contribution in [3.05, 3.63) is 66.4 Å². The second kappa shape index (κ2) is 9.96. The molecule has 0 saturated carbocycles. The van der Waals surface area contributed by atoms with Crippen molar-refractivity contribution in [2.75, 3.05) is 18.4 Å². The normalized spacial score (nSPS) is 16.7. The third kappa shape index (κ3) is 5.43. The summed E-state index contributed by atoms with van der Waals surface area (Å²) in [6.07, 6.45) is 4.14. The number of hydrogen-bond acceptors (Lipinski definition) is 9. The quantitative estimate of drug-likeness (QED) is 0.380. The summed E-state index contributed by atoms with van der Waals surface area (Å²) in [5, 5.41) is 22.3. The van der Waals surface area contributed by atoms with Crippen LogP contribution in [0.3, 0.4) is 0 Å². The molecule has 32 heavy (non-hydrogen) atoms. The number of para-hydroxylation sites is 1. The van der Waals surface area contributed by atoms with Crippen molar-refractivity contribution < 1.29 is 14.6 Å². The molecule has 3 aromatic rings. The van der Waals surface area contributed by atoms with Crippen molar-refractivity contribution >= 4 is 5.95 Å². The number of nitrogens with two attached hydrogens (primary N) is 1. The molecule has 0 radical (unpaired) electrons. The summed E-state index contributed by atoms with van der Waals surface area (Å²) < 4.78 is 11.7. The molecule has 0 spiro atoms. The molecule has 9 heteroatoms. The molecule has 2 aromatic carbocycles. The Labute approximate surface area is 186 Å². The number of rotatable bonds is 7. The first-order valence-corrected chi connectivity index (χ1v) is 10.3. The van der Waals surface area contributed by atoms with Crippen LogP contribution in [0.15, 0.2) is 60.8 Å². The number of nitrogens with one attached hydrogen (secondary N) is 1. The van der Waals surface area contributed by atoms with E-state index in [1.807, 2.05) is 30.3 Å². The Morgan fingerprint density at radius 3 is 2.47 bits per heavy atom. The predicted octanol–water partition coefficient (Wildman–Crippen LogP) is 3.37. The van der Waals surface area contributed by atoms with E-state index in [4.69, 9.17) is 20.5 Å². The number of anilines is 1. The van der Waals surface area contributed by atoms with E-state index in [1.54, 1.807) is 29.2 Å². The van der Waals surface area contributed by atoms with Gasteiger partial charge in [0, 0.05) is 25.3 Å². The fraction of sp³-hybridized carbons (Fsp3) is 0.261. The monoisotopic (exact) mass is 432 g/mol. The van der Waals surface area contributed by atoms with Crippen molar-refractivity contribution in [3.63, 3.8) is 0 Å². The Morgan fingerprint density at radius 2 is 1.78 bits per heavy atom. The van der Waals surface area contributed by atoms with E-state index < -0.39 is 6.23 Å². The molecule has 164 valence electrons. The highest BCUT2D eigenvalue weighted by molar-refractivity contribution is 5.40. The molecule has 0 amide bonds. The standard InChI is InChI=1S/C23H24N6O3/c24-15-29-12-4-5-16(14-29)27-23-26-13-20(21(25)30)22(28-23)32-19-10-8-18(9-11-19)31-17-6-2-1-3-7-17/h1-3,6-11,13,16,21,30H,4-5,12,14,25H2,(H,26,27,28). The van der Waals surface area contributed by atoms with E-state index in [0.717, 1.165) is 25.1 Å². The van der Waals surface area contributed by atoms with Crippen LogP contribution in [0.25, 0.3) is 0 Å². The first kappa shape index (κ1) is 21.4. The number of nitriles is 1. The number of aliphatic hydroxyl groups is 1. The van der Waals surface area contributed by atoms with Gasteiger partial charge in [-0.1, -0.05) is 18.2 Å². The van der Waals surface area contributed by atoms with Crippen LogP contribution in [0.1, 0.15) is 24.6 Å². The maximum atomic E-state index is 9.90. The summed E-state index contributed by atoms with van der Waals surface area (Å²) in [5.41, 5.74) is 5.93. The first-order chi connectivity index (χ1) is 15.6. The van der Waals surface area contributed by atoms with E-state index in [0.29, 0.717) is 24.0 Å². The van der Waals surface area contributed by atoms with Crippen LogP contribution in [-0.2, 0) is 0 Å². The molecule has 9 nitrogen and oxygen atoms in total. The molecule has 0 aliphatic carbocycles. The van der Waals surface area contributed by atoms with Crippen LogP contribution >= 0.6 is 0 Å². The summed E-state index contributed by atoms with van der Waals surface area (Å²) in [6, 6.07) is 16.5. The highest BCUT2D eigenvalue weighted by atomic mass is 16.5. The Balaban J connectivity index is 1.48. The molecule has 4 rings (SSSR count). The summed E-state index contributed by atoms with van der Waals surface area (Å²) in [5.74, 6) is 2.40. The zero-order valence-corrected chi connectivity index (χ0v) is 17.4. The van der Waals surface area contributed by atoms with Crippen LogP contribution < -0.4 is 20.5 Å². The van der Waals surface area contributed by atoms with Crippen molar-refractivity contribution in [1.82, 2.24) is 14.9 Å². The van der Waals surface area contributed by atoms with Crippen LogP contribution in [0.2, 0.25) is 0 Å². The Morgan fingerprint density at radius 1 is 1.09 bits per heavy atom. The smallest absolute Gasteiger partial charge is 0.231 e. The average molecular weight is 432 g/mol. The van der Waals surface area contributed by atoms with Crippen molar-refractivity contribution in [1.29, 1.82) is 5.26 Å². The molecule has 1 aromatic heterocycles. The summed E-state index contributed by atoms with van der Waals surface area (Å²) in [7, 11) is 0. The maximum Gasteiger partial charge on any atom is 0.231 e. The van der Waals surface area contributed by atoms with Gasteiger partial charge in [-0.05, 0) is 49.2 Å². The third-order valence-corrected chi connectivity index (χ3v) is 5.01. The lowest BCUT2D eigenvalue weighted by molar-refractivity contribution is 0.181. The summed E-state index contributed by atoms with van der Waals surface area (Å²) in [6.45, 7) is 1.34. The number of aromatic nitrogens is 2. The summed E-state index contributed by atoms with van der Waals surface area (Å²) >= 11 is 0. The number of benzene rings is 2. The van der Waals surface area contributed by atoms with E-state index in [-0.39, 0.29) is 17.5 Å². The zero-order valence-electron chi connectivity index (χ0n) is 17.4. The highest BCUT2D eigenvalue weighted by Crippen LogP contribution is 2.29. The number of ether oxygens (including phenoxy) is 2. The topological polar surface area (TPSA) is 130 Å². The van der Waals surface area contributed by atoms with E-state index >= 15 is 0 Å². The summed E-state index contributed by atoms with van der Waals surface area (Å²) in [4.78, 5) is 10.4. The van der Waals surface area contributed by atoms with Gasteiger partial charge in [-0.15, -0.1) is 0 Å². The number of aliphatic hydroxyl groups excluding tert-OH is 1. The molecule has 4 N–H and O–H groups in total. The SMILES string of the molecule is N#CN1CCCC(Nc2ncc(C(N)O)c(Oc3ccc(Oc4ccccc4)cc3)n2)C1. The van der Waals surface area contributed by atoms with Crippen molar-refractivity contribution in [2.24, 2.45) is 5.73 Å². The Hall–Kier alpha value is -3.87. The molecule has 1 fully saturated rings. The molecule has 2 heterocycles. The van der Waals surface area contributed by atoms with Crippen LogP contribution in [-0.4, -0.2) is 39.1 Å². The van der Waals surface area contributed by atoms with Crippen molar-refractivity contribution in [3.8, 4) is 29.3 Å². The fourth-order valence-corrected chi connectivity index (χ4v) is 3.41. The molecular weight excluding hydrogens is 408 g/mol. The van der Waals surface area contributed by atoms with Crippen molar-refractivity contribution in [2.45, 2.75) is 25.1 Å². The largest absolute Gasteiger partial charge is 0.457 e. The maximum absolute atomic E-state index is 9.90. The van der Waals surface area contributed by atoms with Gasteiger partial charge in [-0.3, -0.25) is 0 Å². The number of nitrogens with zero attached hydrogens (tertiary/aromatic N) is 4. The predicted molar refractivity (Wildman–Crippen MR) is 118 cm³/mol. The lowest BCUT2D eigenvalue weighted by Gasteiger charge is -2.29. The third-order valence-electron chi connectivity index (χ3n) is 5.01. The van der Waals surface area contributed by atoms with E-state index in [2.05, 4.69) is 21.5 Å². The van der Waals surface area contributed by atoms with Gasteiger partial charge in [0.15, 0.2) is 6.19 Å². The van der Waals surface area contributed by atoms with Gasteiger partial charge in [0.25, 0.3) is 0 Å². The van der Waals surface area contributed by atoms with Gasteiger partial charge in [-0.2, -0.15) is 10.2 Å². The fourth-order valence-electron chi connectivity index (χ4n) is 3.41. The molecule has 0 bridgehead atoms. The second-order valence-electron chi connectivity index (χ2n) is 7.42. The highest BCUT2D eigenvalue weighted by Gasteiger charge is 2.21. The lowest BCUT2D eigenvalue weighted by Crippen LogP contribution is -2.39. The molecule has 2 atom stereocenters. The van der Waals surface area contributed by atoms with Gasteiger partial charge in [0.1, 0.15) is 23.5 Å². The second-order valence-corrected chi connectivity index (χ2v) is 7.42. The molecule has 1 saturated heterocycles. The van der Waals surface area contributed by atoms with Gasteiger partial charge < -0.3 is 30.5 Å². The van der Waals surface area contributed by atoms with E-state index in [1.165, 1.54) is 6.20 Å². The van der Waals surface area contributed by atoms with Gasteiger partial charge >= 0.3 is 0 Å². The van der Waals surface area contributed by atoms with Gasteiger partial charge in [0.05, 0.1) is 5.56 Å². The van der Waals surface area contributed by atoms with Crippen LogP contribution in [0.4, 0.5) is 5.95 Å². The molecule has 1 aliphatic rings. The minimum absolute atomic E-state index is 0.0410. The van der Waals surface area contributed by atoms with Gasteiger partial charge in [0.2, 0.25) is 11.8 Å². The average Bonchev–Trinajstić information content (AvgIpc) is 2.81. The minimum atomic E-state index is -1.29. The van der Waals surface area contributed by atoms with Gasteiger partial charge in [-0.25, -0.2) is 4.98 Å². The number of hydrogen-bond donors (Lipinski definition) is 3. The number of likely N-dealkylation sites (tertiary alicyclic amines) is 1. The molecule has 1 aliphatic heterocycles. The van der Waals surface area contributed by atoms with Crippen LogP contribution in [0, 0.1) is 11.5 Å². The Kier molecular flexibility index (Phi) is 6.65. The van der Waals surface area contributed by atoms with Crippen LogP contribution in [0.5, 0.6) is 23.1 Å². The minimum Gasteiger partial charge on any atom is -0.457 e. The first-order valence-electron chi connectivity index (χ1n) is 10.3. The number of piperidine rings is 1. The molecule has 2 unspecified atom stereocenters. The Bertz CT molecular complexity index is 1070. The lowest BCUT2D eigenvalue weighted by atomic mass is 10.1.